The molecule has 0 radical (unpaired) electrons. The van der Waals surface area contributed by atoms with Crippen LogP contribution < -0.4 is 5.32 Å². The molecular formula is C15H19ClN2O. The van der Waals surface area contributed by atoms with Crippen LogP contribution in [-0.2, 0) is 0 Å². The van der Waals surface area contributed by atoms with Gasteiger partial charge >= 0.3 is 0 Å². The Kier molecular flexibility index (Phi) is 3.76. The Labute approximate surface area is 118 Å². The molecule has 3 rings (SSSR count). The van der Waals surface area contributed by atoms with E-state index < -0.39 is 0 Å². The lowest BCUT2D eigenvalue weighted by atomic mass is 10.1. The predicted molar refractivity (Wildman–Crippen MR) is 76.5 cm³/mol. The van der Waals surface area contributed by atoms with E-state index in [-0.39, 0.29) is 5.91 Å². The fourth-order valence-electron chi connectivity index (χ4n) is 2.74. The summed E-state index contributed by atoms with van der Waals surface area (Å²) < 4.78 is 0. The van der Waals surface area contributed by atoms with Gasteiger partial charge in [0.2, 0.25) is 0 Å². The highest BCUT2D eigenvalue weighted by molar-refractivity contribution is 6.30. The van der Waals surface area contributed by atoms with Crippen LogP contribution in [0.25, 0.3) is 0 Å². The summed E-state index contributed by atoms with van der Waals surface area (Å²) in [7, 11) is 0. The molecule has 1 heterocycles. The molecule has 102 valence electrons. The van der Waals surface area contributed by atoms with Crippen LogP contribution >= 0.6 is 11.6 Å². The monoisotopic (exact) mass is 278 g/mol. The Morgan fingerprint density at radius 2 is 2.00 bits per heavy atom. The molecule has 0 unspecified atom stereocenters. The van der Waals surface area contributed by atoms with Crippen LogP contribution in [0.2, 0.25) is 5.02 Å². The van der Waals surface area contributed by atoms with Crippen molar-refractivity contribution in [3.8, 4) is 0 Å². The van der Waals surface area contributed by atoms with Crippen molar-refractivity contribution in [2.45, 2.75) is 25.3 Å². The maximum Gasteiger partial charge on any atom is 0.251 e. The smallest absolute Gasteiger partial charge is 0.251 e. The van der Waals surface area contributed by atoms with E-state index in [2.05, 4.69) is 10.2 Å². The largest absolute Gasteiger partial charge is 0.352 e. The number of hydrogen-bond acceptors (Lipinski definition) is 2. The van der Waals surface area contributed by atoms with E-state index in [9.17, 15) is 4.79 Å². The third-order valence-corrected chi connectivity index (χ3v) is 4.29. The minimum Gasteiger partial charge on any atom is -0.352 e. The molecule has 1 saturated carbocycles. The molecule has 1 aromatic rings. The quantitative estimate of drug-likeness (QED) is 0.918. The summed E-state index contributed by atoms with van der Waals surface area (Å²) in [5.41, 5.74) is 0.682. The maximum absolute atomic E-state index is 12.0. The van der Waals surface area contributed by atoms with Gasteiger partial charge in [-0.3, -0.25) is 4.79 Å². The van der Waals surface area contributed by atoms with E-state index in [4.69, 9.17) is 11.6 Å². The number of nitrogens with one attached hydrogen (secondary N) is 1. The molecule has 1 saturated heterocycles. The van der Waals surface area contributed by atoms with Crippen molar-refractivity contribution < 1.29 is 4.79 Å². The van der Waals surface area contributed by atoms with Gasteiger partial charge in [-0.05, 0) is 56.0 Å². The molecule has 2 aliphatic rings. The zero-order chi connectivity index (χ0) is 13.2. The zero-order valence-corrected chi connectivity index (χ0v) is 11.7. The van der Waals surface area contributed by atoms with E-state index in [0.29, 0.717) is 16.5 Å². The number of nitrogens with zero attached hydrogens (tertiary/aromatic N) is 1. The average molecular weight is 279 g/mol. The van der Waals surface area contributed by atoms with Crippen LogP contribution in [0.3, 0.4) is 0 Å². The van der Waals surface area contributed by atoms with Crippen molar-refractivity contribution in [2.24, 2.45) is 5.92 Å². The minimum atomic E-state index is 0.00142. The van der Waals surface area contributed by atoms with Crippen molar-refractivity contribution in [2.75, 3.05) is 19.6 Å². The zero-order valence-electron chi connectivity index (χ0n) is 10.9. The summed E-state index contributed by atoms with van der Waals surface area (Å²) >= 11 is 5.81. The number of likely N-dealkylation sites (tertiary alicyclic amines) is 1. The number of rotatable bonds is 4. The van der Waals surface area contributed by atoms with Gasteiger partial charge < -0.3 is 10.2 Å². The third-order valence-electron chi connectivity index (χ3n) is 4.04. The molecule has 2 fully saturated rings. The van der Waals surface area contributed by atoms with Crippen LogP contribution in [0, 0.1) is 5.92 Å². The van der Waals surface area contributed by atoms with Gasteiger partial charge in [-0.25, -0.2) is 0 Å². The van der Waals surface area contributed by atoms with E-state index in [1.165, 1.54) is 25.8 Å². The van der Waals surface area contributed by atoms with Crippen LogP contribution in [0.5, 0.6) is 0 Å². The van der Waals surface area contributed by atoms with E-state index in [1.54, 1.807) is 24.3 Å². The lowest BCUT2D eigenvalue weighted by Crippen LogP contribution is -2.31. The van der Waals surface area contributed by atoms with Crippen molar-refractivity contribution in [1.29, 1.82) is 0 Å². The van der Waals surface area contributed by atoms with Crippen molar-refractivity contribution in [3.05, 3.63) is 34.9 Å². The van der Waals surface area contributed by atoms with Crippen molar-refractivity contribution >= 4 is 17.5 Å². The number of amides is 1. The van der Waals surface area contributed by atoms with Gasteiger partial charge in [-0.1, -0.05) is 11.6 Å². The van der Waals surface area contributed by atoms with Gasteiger partial charge in [-0.2, -0.15) is 0 Å². The second-order valence-electron chi connectivity index (χ2n) is 5.60. The summed E-state index contributed by atoms with van der Waals surface area (Å²) in [5, 5.41) is 3.69. The molecular weight excluding hydrogens is 260 g/mol. The number of benzene rings is 1. The Hall–Kier alpha value is -1.06. The van der Waals surface area contributed by atoms with Gasteiger partial charge in [0.25, 0.3) is 5.91 Å². The highest BCUT2D eigenvalue weighted by atomic mass is 35.5. The van der Waals surface area contributed by atoms with Gasteiger partial charge in [0.05, 0.1) is 0 Å². The molecule has 1 aliphatic carbocycles. The van der Waals surface area contributed by atoms with Crippen LogP contribution in [0.1, 0.15) is 29.6 Å². The minimum absolute atomic E-state index is 0.00142. The molecule has 0 bridgehead atoms. The first kappa shape index (κ1) is 12.9. The molecule has 0 aromatic heterocycles. The Morgan fingerprint density at radius 1 is 1.26 bits per heavy atom. The summed E-state index contributed by atoms with van der Waals surface area (Å²) in [6, 6.07) is 7.88. The topological polar surface area (TPSA) is 32.3 Å². The fourth-order valence-corrected chi connectivity index (χ4v) is 2.87. The van der Waals surface area contributed by atoms with Crippen LogP contribution in [0.15, 0.2) is 24.3 Å². The first-order valence-electron chi connectivity index (χ1n) is 7.00. The molecule has 1 aromatic carbocycles. The molecule has 1 atom stereocenters. The predicted octanol–water partition coefficient (Wildman–Crippen LogP) is 2.55. The van der Waals surface area contributed by atoms with Gasteiger partial charge in [0.1, 0.15) is 0 Å². The summed E-state index contributed by atoms with van der Waals surface area (Å²) in [6.07, 6.45) is 3.94. The molecule has 1 N–H and O–H groups in total. The lowest BCUT2D eigenvalue weighted by molar-refractivity contribution is 0.0947. The summed E-state index contributed by atoms with van der Waals surface area (Å²) in [6.45, 7) is 3.13. The van der Waals surface area contributed by atoms with Crippen LogP contribution in [-0.4, -0.2) is 36.5 Å². The van der Waals surface area contributed by atoms with Crippen molar-refractivity contribution in [3.63, 3.8) is 0 Å². The maximum atomic E-state index is 12.0. The van der Waals surface area contributed by atoms with Crippen molar-refractivity contribution in [1.82, 2.24) is 10.2 Å². The van der Waals surface area contributed by atoms with E-state index >= 15 is 0 Å². The average Bonchev–Trinajstić information content (AvgIpc) is 3.16. The normalized spacial score (nSPS) is 23.5. The van der Waals surface area contributed by atoms with Crippen LogP contribution in [0.4, 0.5) is 0 Å². The van der Waals surface area contributed by atoms with Gasteiger partial charge in [0, 0.05) is 29.7 Å². The standard InChI is InChI=1S/C15H19ClN2O/c16-13-3-1-12(2-4-13)15(19)17-9-11-7-8-18(10-11)14-5-6-14/h1-4,11,14H,5-10H2,(H,17,19)/t11-/m0/s1. The summed E-state index contributed by atoms with van der Waals surface area (Å²) in [5.74, 6) is 0.610. The van der Waals surface area contributed by atoms with Gasteiger partial charge in [-0.15, -0.1) is 0 Å². The Bertz CT molecular complexity index is 456. The highest BCUT2D eigenvalue weighted by Crippen LogP contribution is 2.31. The third kappa shape index (κ3) is 3.28. The Morgan fingerprint density at radius 3 is 2.68 bits per heavy atom. The summed E-state index contributed by atoms with van der Waals surface area (Å²) in [4.78, 5) is 14.5. The number of halogens is 1. The second kappa shape index (κ2) is 5.51. The fraction of sp³-hybridized carbons (Fsp3) is 0.533. The molecule has 1 amide bonds. The first-order valence-corrected chi connectivity index (χ1v) is 7.38. The molecule has 1 aliphatic heterocycles. The number of carbonyl (C=O) groups is 1. The number of carbonyl (C=O) groups excluding carboxylic acids is 1. The van der Waals surface area contributed by atoms with Gasteiger partial charge in [0.15, 0.2) is 0 Å². The van der Waals surface area contributed by atoms with E-state index in [1.807, 2.05) is 0 Å². The Balaban J connectivity index is 1.46. The number of hydrogen-bond donors (Lipinski definition) is 1. The molecule has 3 nitrogen and oxygen atoms in total. The highest BCUT2D eigenvalue weighted by Gasteiger charge is 2.34. The second-order valence-corrected chi connectivity index (χ2v) is 6.03. The van der Waals surface area contributed by atoms with E-state index in [0.717, 1.165) is 19.1 Å². The molecule has 0 spiro atoms. The lowest BCUT2D eigenvalue weighted by Gasteiger charge is -2.15. The molecule has 19 heavy (non-hydrogen) atoms. The first-order chi connectivity index (χ1) is 9.22. The molecule has 4 heteroatoms. The SMILES string of the molecule is O=C(NC[C@@H]1CCN(C2CC2)C1)c1ccc(Cl)cc1.